The van der Waals surface area contributed by atoms with Gasteiger partial charge in [0.25, 0.3) is 0 Å². The van der Waals surface area contributed by atoms with Crippen LogP contribution in [-0.2, 0) is 14.3 Å². The van der Waals surface area contributed by atoms with E-state index in [0.717, 1.165) is 6.42 Å². The summed E-state index contributed by atoms with van der Waals surface area (Å²) in [5, 5.41) is 8.95. The topological polar surface area (TPSA) is 92.9 Å². The zero-order chi connectivity index (χ0) is 11.8. The minimum atomic E-state index is -1.27. The molecule has 2 aliphatic heterocycles. The van der Waals surface area contributed by atoms with Crippen LogP contribution < -0.4 is 5.73 Å². The van der Waals surface area contributed by atoms with Crippen molar-refractivity contribution in [1.82, 2.24) is 4.90 Å². The van der Waals surface area contributed by atoms with Gasteiger partial charge in [-0.05, 0) is 12.8 Å². The van der Waals surface area contributed by atoms with E-state index in [2.05, 4.69) is 0 Å². The van der Waals surface area contributed by atoms with Gasteiger partial charge in [-0.3, -0.25) is 9.59 Å². The Kier molecular flexibility index (Phi) is 2.86. The van der Waals surface area contributed by atoms with E-state index in [-0.39, 0.29) is 18.4 Å². The average molecular weight is 228 g/mol. The lowest BCUT2D eigenvalue weighted by molar-refractivity contribution is -0.143. The van der Waals surface area contributed by atoms with Crippen molar-refractivity contribution in [3.05, 3.63) is 0 Å². The van der Waals surface area contributed by atoms with E-state index in [1.807, 2.05) is 0 Å². The largest absolute Gasteiger partial charge is 0.480 e. The summed E-state index contributed by atoms with van der Waals surface area (Å²) >= 11 is 0. The molecule has 0 saturated carbocycles. The van der Waals surface area contributed by atoms with Gasteiger partial charge in [-0.25, -0.2) is 0 Å². The minimum absolute atomic E-state index is 0.0222. The summed E-state index contributed by atoms with van der Waals surface area (Å²) in [6.45, 7) is 1.59. The third-order valence-electron chi connectivity index (χ3n) is 3.32. The average Bonchev–Trinajstić information content (AvgIpc) is 2.85. The van der Waals surface area contributed by atoms with E-state index in [1.165, 1.54) is 0 Å². The quantitative estimate of drug-likeness (QED) is 0.635. The number of carbonyl (C=O) groups is 2. The van der Waals surface area contributed by atoms with Crippen LogP contribution in [0, 0.1) is 5.92 Å². The van der Waals surface area contributed by atoms with Crippen LogP contribution in [0.1, 0.15) is 12.8 Å². The van der Waals surface area contributed by atoms with E-state index in [1.54, 1.807) is 4.90 Å². The van der Waals surface area contributed by atoms with Gasteiger partial charge in [-0.1, -0.05) is 0 Å². The van der Waals surface area contributed by atoms with Gasteiger partial charge in [-0.2, -0.15) is 0 Å². The Balaban J connectivity index is 1.97. The normalized spacial score (nSPS) is 34.3. The standard InChI is InChI=1S/C10H16N2O4/c11-10(9(14)15)2-3-12(6-10)8(13)7-1-4-16-5-7/h7H,1-6,11H2,(H,14,15). The molecular formula is C10H16N2O4. The lowest BCUT2D eigenvalue weighted by atomic mass is 10.0. The molecule has 3 N–H and O–H groups in total. The second-order valence-corrected chi connectivity index (χ2v) is 4.53. The predicted molar refractivity (Wildman–Crippen MR) is 54.7 cm³/mol. The molecule has 1 amide bonds. The number of aliphatic carboxylic acids is 1. The molecule has 0 aliphatic carbocycles. The van der Waals surface area contributed by atoms with Crippen LogP contribution >= 0.6 is 0 Å². The molecule has 2 aliphatic rings. The van der Waals surface area contributed by atoms with E-state index < -0.39 is 11.5 Å². The highest BCUT2D eigenvalue weighted by Gasteiger charge is 2.44. The summed E-state index contributed by atoms with van der Waals surface area (Å²) in [6, 6.07) is 0. The Labute approximate surface area is 93.3 Å². The third kappa shape index (κ3) is 1.90. The number of rotatable bonds is 2. The third-order valence-corrected chi connectivity index (χ3v) is 3.32. The van der Waals surface area contributed by atoms with Crippen LogP contribution in [0.2, 0.25) is 0 Å². The number of amides is 1. The summed E-state index contributed by atoms with van der Waals surface area (Å²) in [4.78, 5) is 24.4. The number of likely N-dealkylation sites (tertiary alicyclic amines) is 1. The molecule has 0 aromatic rings. The predicted octanol–water partition coefficient (Wildman–Crippen LogP) is -0.963. The van der Waals surface area contributed by atoms with Crippen molar-refractivity contribution >= 4 is 11.9 Å². The molecule has 0 radical (unpaired) electrons. The second-order valence-electron chi connectivity index (χ2n) is 4.53. The molecule has 0 aromatic heterocycles. The molecule has 2 atom stereocenters. The molecular weight excluding hydrogens is 212 g/mol. The fourth-order valence-corrected chi connectivity index (χ4v) is 2.18. The summed E-state index contributed by atoms with van der Waals surface area (Å²) in [6.07, 6.45) is 1.04. The first-order chi connectivity index (χ1) is 7.53. The molecule has 0 aromatic carbocycles. The zero-order valence-corrected chi connectivity index (χ0v) is 9.02. The Morgan fingerprint density at radius 2 is 2.25 bits per heavy atom. The molecule has 90 valence electrons. The van der Waals surface area contributed by atoms with Gasteiger partial charge in [0.15, 0.2) is 0 Å². The van der Waals surface area contributed by atoms with Crippen molar-refractivity contribution in [2.24, 2.45) is 11.7 Å². The summed E-state index contributed by atoms with van der Waals surface area (Å²) in [5.74, 6) is -1.17. The van der Waals surface area contributed by atoms with E-state index in [0.29, 0.717) is 26.2 Å². The first-order valence-corrected chi connectivity index (χ1v) is 5.42. The highest BCUT2D eigenvalue weighted by Crippen LogP contribution is 2.23. The molecule has 0 spiro atoms. The fraction of sp³-hybridized carbons (Fsp3) is 0.800. The summed E-state index contributed by atoms with van der Waals surface area (Å²) < 4.78 is 5.14. The van der Waals surface area contributed by atoms with Gasteiger partial charge in [0.2, 0.25) is 5.91 Å². The Morgan fingerprint density at radius 3 is 2.75 bits per heavy atom. The van der Waals surface area contributed by atoms with Gasteiger partial charge in [0.05, 0.1) is 12.5 Å². The van der Waals surface area contributed by atoms with Crippen LogP contribution in [0.4, 0.5) is 0 Å². The molecule has 6 heteroatoms. The van der Waals surface area contributed by atoms with Gasteiger partial charge >= 0.3 is 5.97 Å². The van der Waals surface area contributed by atoms with Crippen molar-refractivity contribution < 1.29 is 19.4 Å². The van der Waals surface area contributed by atoms with Crippen molar-refractivity contribution in [1.29, 1.82) is 0 Å². The first-order valence-electron chi connectivity index (χ1n) is 5.42. The SMILES string of the molecule is NC1(C(=O)O)CCN(C(=O)C2CCOC2)C1. The summed E-state index contributed by atoms with van der Waals surface area (Å²) in [5.41, 5.74) is 4.44. The molecule has 2 heterocycles. The molecule has 0 bridgehead atoms. The number of carboxylic acids is 1. The number of nitrogens with zero attached hydrogens (tertiary/aromatic N) is 1. The molecule has 2 saturated heterocycles. The van der Waals surface area contributed by atoms with E-state index in [9.17, 15) is 9.59 Å². The molecule has 2 rings (SSSR count). The van der Waals surface area contributed by atoms with Crippen molar-refractivity contribution in [2.75, 3.05) is 26.3 Å². The van der Waals surface area contributed by atoms with Gasteiger partial charge in [0, 0.05) is 19.7 Å². The van der Waals surface area contributed by atoms with Crippen LogP contribution in [0.5, 0.6) is 0 Å². The molecule has 2 unspecified atom stereocenters. The molecule has 2 fully saturated rings. The van der Waals surface area contributed by atoms with Crippen LogP contribution in [0.3, 0.4) is 0 Å². The Morgan fingerprint density at radius 1 is 1.50 bits per heavy atom. The van der Waals surface area contributed by atoms with Gasteiger partial charge < -0.3 is 20.5 Å². The summed E-state index contributed by atoms with van der Waals surface area (Å²) in [7, 11) is 0. The van der Waals surface area contributed by atoms with Crippen molar-refractivity contribution in [3.63, 3.8) is 0 Å². The first kappa shape index (κ1) is 11.3. The van der Waals surface area contributed by atoms with Crippen LogP contribution in [-0.4, -0.2) is 53.7 Å². The van der Waals surface area contributed by atoms with Gasteiger partial charge in [-0.15, -0.1) is 0 Å². The maximum atomic E-state index is 12.0. The van der Waals surface area contributed by atoms with Gasteiger partial charge in [0.1, 0.15) is 5.54 Å². The second kappa shape index (κ2) is 4.03. The Bertz CT molecular complexity index is 314. The molecule has 16 heavy (non-hydrogen) atoms. The number of carbonyl (C=O) groups excluding carboxylic acids is 1. The lowest BCUT2D eigenvalue weighted by Crippen LogP contribution is -2.51. The molecule has 6 nitrogen and oxygen atoms in total. The number of carboxylic acid groups (broad SMARTS) is 1. The zero-order valence-electron chi connectivity index (χ0n) is 9.02. The number of hydrogen-bond acceptors (Lipinski definition) is 4. The monoisotopic (exact) mass is 228 g/mol. The maximum absolute atomic E-state index is 12.0. The smallest absolute Gasteiger partial charge is 0.325 e. The van der Waals surface area contributed by atoms with E-state index >= 15 is 0 Å². The maximum Gasteiger partial charge on any atom is 0.325 e. The number of nitrogens with two attached hydrogens (primary N) is 1. The van der Waals surface area contributed by atoms with Crippen molar-refractivity contribution in [2.45, 2.75) is 18.4 Å². The van der Waals surface area contributed by atoms with E-state index in [4.69, 9.17) is 15.6 Å². The van der Waals surface area contributed by atoms with Crippen LogP contribution in [0.25, 0.3) is 0 Å². The van der Waals surface area contributed by atoms with Crippen molar-refractivity contribution in [3.8, 4) is 0 Å². The number of ether oxygens (including phenoxy) is 1. The highest BCUT2D eigenvalue weighted by atomic mass is 16.5. The highest BCUT2D eigenvalue weighted by molar-refractivity contribution is 5.84. The lowest BCUT2D eigenvalue weighted by Gasteiger charge is -2.22. The Hall–Kier alpha value is -1.14. The fourth-order valence-electron chi connectivity index (χ4n) is 2.18. The minimum Gasteiger partial charge on any atom is -0.480 e. The van der Waals surface area contributed by atoms with Crippen LogP contribution in [0.15, 0.2) is 0 Å². The number of hydrogen-bond donors (Lipinski definition) is 2.